The third-order valence-corrected chi connectivity index (χ3v) is 3.80. The molecule has 1 aliphatic rings. The van der Waals surface area contributed by atoms with E-state index in [-0.39, 0.29) is 10.6 Å². The van der Waals surface area contributed by atoms with Gasteiger partial charge in [0.2, 0.25) is 5.82 Å². The lowest BCUT2D eigenvalue weighted by molar-refractivity contribution is -0.384. The predicted octanol–water partition coefficient (Wildman–Crippen LogP) is 3.68. The van der Waals surface area contributed by atoms with Crippen LogP contribution in [-0.4, -0.2) is 15.9 Å². The number of nitrogens with zero attached hydrogens (tertiary/aromatic N) is 2. The first-order valence-corrected chi connectivity index (χ1v) is 6.94. The van der Waals surface area contributed by atoms with Crippen LogP contribution in [0.5, 0.6) is 0 Å². The molecule has 1 heterocycles. The SMILES string of the molecule is Cc1cnc(NC2CCCC(C)CC2)c([N+](=O)[O-])c1. The molecular formula is C14H21N3O2. The van der Waals surface area contributed by atoms with E-state index in [0.717, 1.165) is 24.3 Å². The van der Waals surface area contributed by atoms with Gasteiger partial charge in [0, 0.05) is 18.3 Å². The van der Waals surface area contributed by atoms with E-state index in [2.05, 4.69) is 17.2 Å². The Balaban J connectivity index is 2.12. The molecule has 1 N–H and O–H groups in total. The molecule has 1 saturated carbocycles. The zero-order chi connectivity index (χ0) is 13.8. The van der Waals surface area contributed by atoms with Crippen molar-refractivity contribution in [2.75, 3.05) is 5.32 Å². The number of hydrogen-bond acceptors (Lipinski definition) is 4. The molecule has 0 radical (unpaired) electrons. The second-order valence-electron chi connectivity index (χ2n) is 5.59. The first-order chi connectivity index (χ1) is 9.06. The lowest BCUT2D eigenvalue weighted by Crippen LogP contribution is -2.20. The Morgan fingerprint density at radius 3 is 2.89 bits per heavy atom. The maximum Gasteiger partial charge on any atom is 0.311 e. The van der Waals surface area contributed by atoms with Crippen LogP contribution in [0.25, 0.3) is 0 Å². The van der Waals surface area contributed by atoms with Crippen molar-refractivity contribution in [1.82, 2.24) is 4.98 Å². The average molecular weight is 263 g/mol. The van der Waals surface area contributed by atoms with Crippen molar-refractivity contribution in [3.05, 3.63) is 27.9 Å². The smallest absolute Gasteiger partial charge is 0.311 e. The fraction of sp³-hybridized carbons (Fsp3) is 0.643. The lowest BCUT2D eigenvalue weighted by Gasteiger charge is -2.17. The van der Waals surface area contributed by atoms with Crippen LogP contribution in [0, 0.1) is 23.0 Å². The van der Waals surface area contributed by atoms with Gasteiger partial charge in [-0.25, -0.2) is 4.98 Å². The Morgan fingerprint density at radius 1 is 1.37 bits per heavy atom. The highest BCUT2D eigenvalue weighted by atomic mass is 16.6. The molecular weight excluding hydrogens is 242 g/mol. The molecule has 5 heteroatoms. The second-order valence-corrected chi connectivity index (χ2v) is 5.59. The van der Waals surface area contributed by atoms with Gasteiger partial charge in [0.15, 0.2) is 0 Å². The average Bonchev–Trinajstić information content (AvgIpc) is 2.56. The van der Waals surface area contributed by atoms with Gasteiger partial charge in [-0.3, -0.25) is 10.1 Å². The molecule has 1 aromatic heterocycles. The number of anilines is 1. The summed E-state index contributed by atoms with van der Waals surface area (Å²) >= 11 is 0. The highest BCUT2D eigenvalue weighted by molar-refractivity contribution is 5.57. The molecule has 5 nitrogen and oxygen atoms in total. The third-order valence-electron chi connectivity index (χ3n) is 3.80. The number of aromatic nitrogens is 1. The van der Waals surface area contributed by atoms with Gasteiger partial charge in [0.05, 0.1) is 4.92 Å². The summed E-state index contributed by atoms with van der Waals surface area (Å²) in [6.07, 6.45) is 7.41. The van der Waals surface area contributed by atoms with Crippen LogP contribution in [0.15, 0.2) is 12.3 Å². The summed E-state index contributed by atoms with van der Waals surface area (Å²) in [7, 11) is 0. The number of rotatable bonds is 3. The molecule has 104 valence electrons. The number of pyridine rings is 1. The van der Waals surface area contributed by atoms with E-state index < -0.39 is 0 Å². The van der Waals surface area contributed by atoms with Crippen molar-refractivity contribution in [1.29, 1.82) is 0 Å². The van der Waals surface area contributed by atoms with Crippen molar-refractivity contribution in [3.8, 4) is 0 Å². The Morgan fingerprint density at radius 2 is 2.16 bits per heavy atom. The normalized spacial score (nSPS) is 23.7. The van der Waals surface area contributed by atoms with Crippen LogP contribution < -0.4 is 5.32 Å². The van der Waals surface area contributed by atoms with E-state index in [0.29, 0.717) is 11.9 Å². The van der Waals surface area contributed by atoms with Gasteiger partial charge >= 0.3 is 5.69 Å². The van der Waals surface area contributed by atoms with Crippen molar-refractivity contribution >= 4 is 11.5 Å². The van der Waals surface area contributed by atoms with Crippen LogP contribution in [0.4, 0.5) is 11.5 Å². The van der Waals surface area contributed by atoms with Crippen molar-refractivity contribution in [3.63, 3.8) is 0 Å². The minimum Gasteiger partial charge on any atom is -0.362 e. The zero-order valence-corrected chi connectivity index (χ0v) is 11.6. The first kappa shape index (κ1) is 13.8. The second kappa shape index (κ2) is 5.99. The Kier molecular flexibility index (Phi) is 4.35. The van der Waals surface area contributed by atoms with Gasteiger partial charge in [-0.15, -0.1) is 0 Å². The molecule has 0 amide bonds. The van der Waals surface area contributed by atoms with Gasteiger partial charge in [-0.2, -0.15) is 0 Å². The maximum atomic E-state index is 11.1. The van der Waals surface area contributed by atoms with Gasteiger partial charge in [0.1, 0.15) is 0 Å². The molecule has 2 rings (SSSR count). The van der Waals surface area contributed by atoms with Crippen molar-refractivity contribution < 1.29 is 4.92 Å². The zero-order valence-electron chi connectivity index (χ0n) is 11.6. The summed E-state index contributed by atoms with van der Waals surface area (Å²) in [6.45, 7) is 4.09. The number of aryl methyl sites for hydroxylation is 1. The minimum atomic E-state index is -0.359. The molecule has 19 heavy (non-hydrogen) atoms. The topological polar surface area (TPSA) is 68.1 Å². The quantitative estimate of drug-likeness (QED) is 0.513. The van der Waals surface area contributed by atoms with Crippen LogP contribution in [-0.2, 0) is 0 Å². The van der Waals surface area contributed by atoms with Gasteiger partial charge in [0.25, 0.3) is 0 Å². The first-order valence-electron chi connectivity index (χ1n) is 6.94. The van der Waals surface area contributed by atoms with E-state index in [1.54, 1.807) is 12.3 Å². The molecule has 0 spiro atoms. The number of hydrogen-bond donors (Lipinski definition) is 1. The Hall–Kier alpha value is -1.65. The number of nitrogens with one attached hydrogen (secondary N) is 1. The fourth-order valence-electron chi connectivity index (χ4n) is 2.63. The Labute approximate surface area is 113 Å². The summed E-state index contributed by atoms with van der Waals surface area (Å²) in [6, 6.07) is 1.88. The molecule has 1 fully saturated rings. The highest BCUT2D eigenvalue weighted by Crippen LogP contribution is 2.28. The highest BCUT2D eigenvalue weighted by Gasteiger charge is 2.21. The standard InChI is InChI=1S/C14H21N3O2/c1-10-4-3-5-12(7-6-10)16-14-13(17(18)19)8-11(2)9-15-14/h8-10,12H,3-7H2,1-2H3,(H,15,16). The van der Waals surface area contributed by atoms with Crippen LogP contribution in [0.2, 0.25) is 0 Å². The van der Waals surface area contributed by atoms with Gasteiger partial charge < -0.3 is 5.32 Å². The van der Waals surface area contributed by atoms with E-state index in [1.165, 1.54) is 19.3 Å². The molecule has 2 atom stereocenters. The van der Waals surface area contributed by atoms with E-state index >= 15 is 0 Å². The molecule has 1 aliphatic carbocycles. The fourth-order valence-corrected chi connectivity index (χ4v) is 2.63. The van der Waals surface area contributed by atoms with E-state index in [9.17, 15) is 10.1 Å². The van der Waals surface area contributed by atoms with E-state index in [1.807, 2.05) is 6.92 Å². The van der Waals surface area contributed by atoms with E-state index in [4.69, 9.17) is 0 Å². The summed E-state index contributed by atoms with van der Waals surface area (Å²) in [5, 5.41) is 14.3. The molecule has 1 aromatic rings. The molecule has 0 aliphatic heterocycles. The minimum absolute atomic E-state index is 0.0808. The summed E-state index contributed by atoms with van der Waals surface area (Å²) in [4.78, 5) is 14.9. The Bertz CT molecular complexity index is 462. The largest absolute Gasteiger partial charge is 0.362 e. The van der Waals surface area contributed by atoms with Crippen LogP contribution >= 0.6 is 0 Å². The molecule has 0 bridgehead atoms. The summed E-state index contributed by atoms with van der Waals surface area (Å²) in [5.74, 6) is 1.17. The van der Waals surface area contributed by atoms with Gasteiger partial charge in [-0.05, 0) is 37.7 Å². The third kappa shape index (κ3) is 3.66. The summed E-state index contributed by atoms with van der Waals surface area (Å²) < 4.78 is 0. The maximum absolute atomic E-state index is 11.1. The van der Waals surface area contributed by atoms with Crippen LogP contribution in [0.1, 0.15) is 44.6 Å². The van der Waals surface area contributed by atoms with Crippen molar-refractivity contribution in [2.45, 2.75) is 52.0 Å². The molecule has 0 saturated heterocycles. The molecule has 2 unspecified atom stereocenters. The van der Waals surface area contributed by atoms with Gasteiger partial charge in [-0.1, -0.05) is 19.8 Å². The predicted molar refractivity (Wildman–Crippen MR) is 75.3 cm³/mol. The monoisotopic (exact) mass is 263 g/mol. The van der Waals surface area contributed by atoms with Crippen LogP contribution in [0.3, 0.4) is 0 Å². The molecule has 0 aromatic carbocycles. The number of nitro groups is 1. The lowest BCUT2D eigenvalue weighted by atomic mass is 10.0. The summed E-state index contributed by atoms with van der Waals surface area (Å²) in [5.41, 5.74) is 0.893. The van der Waals surface area contributed by atoms with Crippen molar-refractivity contribution in [2.24, 2.45) is 5.92 Å².